The summed E-state index contributed by atoms with van der Waals surface area (Å²) in [5.41, 5.74) is 2.03. The molecular formula is C11H18N2O. The van der Waals surface area contributed by atoms with Crippen LogP contribution in [0.1, 0.15) is 32.2 Å². The van der Waals surface area contributed by atoms with Crippen LogP contribution >= 0.6 is 0 Å². The molecule has 78 valence electrons. The summed E-state index contributed by atoms with van der Waals surface area (Å²) < 4.78 is 5.51. The van der Waals surface area contributed by atoms with Crippen molar-refractivity contribution in [2.45, 2.75) is 34.6 Å². The van der Waals surface area contributed by atoms with Crippen LogP contribution in [0.5, 0.6) is 6.01 Å². The van der Waals surface area contributed by atoms with Gasteiger partial charge in [-0.05, 0) is 25.3 Å². The molecule has 0 amide bonds. The van der Waals surface area contributed by atoms with Gasteiger partial charge in [0.05, 0.1) is 6.61 Å². The van der Waals surface area contributed by atoms with Gasteiger partial charge in [-0.3, -0.25) is 0 Å². The van der Waals surface area contributed by atoms with E-state index in [1.165, 1.54) is 0 Å². The molecule has 0 bridgehead atoms. The lowest BCUT2D eigenvalue weighted by Crippen LogP contribution is -2.18. The summed E-state index contributed by atoms with van der Waals surface area (Å²) >= 11 is 0. The monoisotopic (exact) mass is 194 g/mol. The van der Waals surface area contributed by atoms with E-state index in [4.69, 9.17) is 4.74 Å². The Morgan fingerprint density at radius 3 is 2.07 bits per heavy atom. The summed E-state index contributed by atoms with van der Waals surface area (Å²) in [4.78, 5) is 8.41. The molecule has 0 saturated carbocycles. The molecule has 1 aromatic rings. The first-order chi connectivity index (χ1) is 6.37. The fourth-order valence-electron chi connectivity index (χ4n) is 1.04. The molecule has 0 atom stereocenters. The topological polar surface area (TPSA) is 35.0 Å². The lowest BCUT2D eigenvalue weighted by atomic mass is 9.99. The summed E-state index contributed by atoms with van der Waals surface area (Å²) in [6.45, 7) is 10.9. The predicted molar refractivity (Wildman–Crippen MR) is 56.5 cm³/mol. The Bertz CT molecular complexity index is 295. The van der Waals surface area contributed by atoms with Gasteiger partial charge in [-0.25, -0.2) is 9.97 Å². The Morgan fingerprint density at radius 1 is 1.14 bits per heavy atom. The number of hydrogen-bond acceptors (Lipinski definition) is 3. The van der Waals surface area contributed by atoms with Gasteiger partial charge in [-0.2, -0.15) is 0 Å². The van der Waals surface area contributed by atoms with Crippen molar-refractivity contribution in [3.63, 3.8) is 0 Å². The van der Waals surface area contributed by atoms with Crippen molar-refractivity contribution in [3.8, 4) is 6.01 Å². The van der Waals surface area contributed by atoms with Crippen molar-refractivity contribution in [3.05, 3.63) is 17.5 Å². The fourth-order valence-corrected chi connectivity index (χ4v) is 1.04. The molecule has 0 aromatic carbocycles. The lowest BCUT2D eigenvalue weighted by molar-refractivity contribution is 0.184. The zero-order valence-electron chi connectivity index (χ0n) is 9.59. The highest BCUT2D eigenvalue weighted by molar-refractivity contribution is 5.10. The smallest absolute Gasteiger partial charge is 0.316 e. The molecule has 1 heterocycles. The van der Waals surface area contributed by atoms with Crippen LogP contribution in [0.4, 0.5) is 0 Å². The highest BCUT2D eigenvalue weighted by Crippen LogP contribution is 2.15. The van der Waals surface area contributed by atoms with E-state index in [0.29, 0.717) is 12.6 Å². The molecule has 0 unspecified atom stereocenters. The van der Waals surface area contributed by atoms with E-state index in [1.807, 2.05) is 19.9 Å². The Kier molecular flexibility index (Phi) is 3.09. The molecular weight excluding hydrogens is 176 g/mol. The highest BCUT2D eigenvalue weighted by atomic mass is 16.5. The van der Waals surface area contributed by atoms with Gasteiger partial charge in [0.1, 0.15) is 0 Å². The number of ether oxygens (including phenoxy) is 1. The van der Waals surface area contributed by atoms with Crippen LogP contribution in [-0.4, -0.2) is 16.6 Å². The number of aromatic nitrogens is 2. The maximum absolute atomic E-state index is 5.51. The maximum atomic E-state index is 5.51. The van der Waals surface area contributed by atoms with Gasteiger partial charge in [-0.1, -0.05) is 20.8 Å². The molecule has 1 aromatic heterocycles. The van der Waals surface area contributed by atoms with E-state index in [2.05, 4.69) is 30.7 Å². The maximum Gasteiger partial charge on any atom is 0.316 e. The molecule has 0 aliphatic rings. The SMILES string of the molecule is Cc1cc(C)nc(OCC(C)(C)C)n1. The number of rotatable bonds is 2. The van der Waals surface area contributed by atoms with Gasteiger partial charge in [-0.15, -0.1) is 0 Å². The van der Waals surface area contributed by atoms with Crippen LogP contribution in [0.25, 0.3) is 0 Å². The Balaban J connectivity index is 2.68. The molecule has 0 saturated heterocycles. The second kappa shape index (κ2) is 3.95. The lowest BCUT2D eigenvalue weighted by Gasteiger charge is -2.17. The van der Waals surface area contributed by atoms with Crippen molar-refractivity contribution in [1.29, 1.82) is 0 Å². The average molecular weight is 194 g/mol. The Morgan fingerprint density at radius 2 is 1.64 bits per heavy atom. The third kappa shape index (κ3) is 3.73. The molecule has 14 heavy (non-hydrogen) atoms. The van der Waals surface area contributed by atoms with Crippen LogP contribution in [0.3, 0.4) is 0 Å². The van der Waals surface area contributed by atoms with Gasteiger partial charge in [0.25, 0.3) is 0 Å². The third-order valence-electron chi connectivity index (χ3n) is 1.60. The third-order valence-corrected chi connectivity index (χ3v) is 1.60. The molecule has 1 rings (SSSR count). The first-order valence-electron chi connectivity index (χ1n) is 4.82. The molecule has 3 heteroatoms. The van der Waals surface area contributed by atoms with Gasteiger partial charge in [0.2, 0.25) is 0 Å². The number of nitrogens with zero attached hydrogens (tertiary/aromatic N) is 2. The fraction of sp³-hybridized carbons (Fsp3) is 0.636. The van der Waals surface area contributed by atoms with Crippen molar-refractivity contribution < 1.29 is 4.74 Å². The highest BCUT2D eigenvalue weighted by Gasteiger charge is 2.12. The van der Waals surface area contributed by atoms with Gasteiger partial charge >= 0.3 is 6.01 Å². The number of aryl methyl sites for hydroxylation is 2. The molecule has 0 radical (unpaired) electrons. The van der Waals surface area contributed by atoms with Crippen molar-refractivity contribution in [2.75, 3.05) is 6.61 Å². The molecule has 3 nitrogen and oxygen atoms in total. The van der Waals surface area contributed by atoms with E-state index in [9.17, 15) is 0 Å². The first kappa shape index (κ1) is 11.0. The minimum absolute atomic E-state index is 0.140. The standard InChI is InChI=1S/C11H18N2O/c1-8-6-9(2)13-10(12-8)14-7-11(3,4)5/h6H,7H2,1-5H3. The van der Waals surface area contributed by atoms with E-state index < -0.39 is 0 Å². The molecule has 0 spiro atoms. The Hall–Kier alpha value is -1.12. The van der Waals surface area contributed by atoms with Crippen molar-refractivity contribution in [1.82, 2.24) is 9.97 Å². The van der Waals surface area contributed by atoms with Gasteiger partial charge in [0, 0.05) is 11.4 Å². The molecule has 0 aliphatic carbocycles. The quantitative estimate of drug-likeness (QED) is 0.725. The van der Waals surface area contributed by atoms with E-state index in [0.717, 1.165) is 11.4 Å². The van der Waals surface area contributed by atoms with E-state index in [1.54, 1.807) is 0 Å². The van der Waals surface area contributed by atoms with E-state index >= 15 is 0 Å². The van der Waals surface area contributed by atoms with Crippen LogP contribution in [0.2, 0.25) is 0 Å². The van der Waals surface area contributed by atoms with E-state index in [-0.39, 0.29) is 5.41 Å². The summed E-state index contributed by atoms with van der Waals surface area (Å²) in [7, 11) is 0. The normalized spacial score (nSPS) is 11.5. The number of hydrogen-bond donors (Lipinski definition) is 0. The molecule has 0 aliphatic heterocycles. The summed E-state index contributed by atoms with van der Waals surface area (Å²) in [6.07, 6.45) is 0. The predicted octanol–water partition coefficient (Wildman–Crippen LogP) is 2.52. The minimum Gasteiger partial charge on any atom is -0.463 e. The average Bonchev–Trinajstić information content (AvgIpc) is 1.97. The second-order valence-corrected chi connectivity index (χ2v) is 4.78. The van der Waals surface area contributed by atoms with Crippen LogP contribution in [0.15, 0.2) is 6.07 Å². The first-order valence-corrected chi connectivity index (χ1v) is 4.82. The van der Waals surface area contributed by atoms with Crippen LogP contribution < -0.4 is 4.74 Å². The van der Waals surface area contributed by atoms with Crippen LogP contribution in [-0.2, 0) is 0 Å². The zero-order valence-corrected chi connectivity index (χ0v) is 9.59. The van der Waals surface area contributed by atoms with Crippen LogP contribution in [0, 0.1) is 19.3 Å². The summed E-state index contributed by atoms with van der Waals surface area (Å²) in [6, 6.07) is 2.42. The minimum atomic E-state index is 0.140. The largest absolute Gasteiger partial charge is 0.463 e. The second-order valence-electron chi connectivity index (χ2n) is 4.78. The van der Waals surface area contributed by atoms with Gasteiger partial charge in [0.15, 0.2) is 0 Å². The van der Waals surface area contributed by atoms with Gasteiger partial charge < -0.3 is 4.74 Å². The molecule has 0 fully saturated rings. The summed E-state index contributed by atoms with van der Waals surface area (Å²) in [5, 5.41) is 0. The summed E-state index contributed by atoms with van der Waals surface area (Å²) in [5.74, 6) is 0. The van der Waals surface area contributed by atoms with Crippen molar-refractivity contribution >= 4 is 0 Å². The molecule has 0 N–H and O–H groups in total. The Labute approximate surface area is 85.5 Å². The zero-order chi connectivity index (χ0) is 10.8. The van der Waals surface area contributed by atoms with Crippen molar-refractivity contribution in [2.24, 2.45) is 5.41 Å².